The maximum Gasteiger partial charge on any atom is 0.328 e. The van der Waals surface area contributed by atoms with E-state index in [1.165, 1.54) is 33.4 Å². The average Bonchev–Trinajstić information content (AvgIpc) is 2.81. The zero-order valence-corrected chi connectivity index (χ0v) is 11.6. The summed E-state index contributed by atoms with van der Waals surface area (Å²) in [6.45, 7) is 2.42. The number of imidazole rings is 1. The molecule has 7 heteroatoms. The second-order valence-electron chi connectivity index (χ2n) is 4.63. The molecule has 0 saturated heterocycles. The molecule has 0 atom stereocenters. The summed E-state index contributed by atoms with van der Waals surface area (Å²) in [5, 5.41) is 10.7. The summed E-state index contributed by atoms with van der Waals surface area (Å²) in [6, 6.07) is 5.50. The third-order valence-corrected chi connectivity index (χ3v) is 3.08. The van der Waals surface area contributed by atoms with Crippen molar-refractivity contribution in [2.24, 2.45) is 0 Å². The van der Waals surface area contributed by atoms with Crippen LogP contribution in [0.5, 0.6) is 0 Å². The number of aromatic nitrogens is 2. The van der Waals surface area contributed by atoms with Crippen LogP contribution < -0.4 is 5.69 Å². The lowest BCUT2D eigenvalue weighted by atomic mass is 10.1. The van der Waals surface area contributed by atoms with E-state index in [1.807, 2.05) is 6.92 Å². The fourth-order valence-corrected chi connectivity index (χ4v) is 2.02. The van der Waals surface area contributed by atoms with Gasteiger partial charge < -0.3 is 0 Å². The minimum Gasteiger partial charge on any atom is -0.299 e. The van der Waals surface area contributed by atoms with Crippen molar-refractivity contribution in [2.45, 2.75) is 26.4 Å². The van der Waals surface area contributed by atoms with Crippen LogP contribution in [-0.2, 0) is 13.1 Å². The number of ketones is 1. The van der Waals surface area contributed by atoms with Crippen molar-refractivity contribution >= 4 is 11.5 Å². The number of carbonyl (C=O) groups excluding carboxylic acids is 1. The van der Waals surface area contributed by atoms with Crippen LogP contribution in [0.25, 0.3) is 0 Å². The molecule has 0 amide bonds. The first-order chi connectivity index (χ1) is 10.0. The van der Waals surface area contributed by atoms with E-state index in [0.29, 0.717) is 6.54 Å². The Hall–Kier alpha value is -2.70. The van der Waals surface area contributed by atoms with Gasteiger partial charge in [-0.25, -0.2) is 4.79 Å². The van der Waals surface area contributed by atoms with Gasteiger partial charge in [0.1, 0.15) is 0 Å². The highest BCUT2D eigenvalue weighted by Crippen LogP contribution is 2.13. The molecule has 0 spiro atoms. The highest BCUT2D eigenvalue weighted by molar-refractivity contribution is 5.96. The molecule has 1 aromatic carbocycles. The predicted octanol–water partition coefficient (Wildman–Crippen LogP) is 1.85. The third kappa shape index (κ3) is 3.25. The number of Topliss-reactive ketones (excluding diaryl/α,β-unsaturated/α-hetero) is 1. The first-order valence-electron chi connectivity index (χ1n) is 6.56. The highest BCUT2D eigenvalue weighted by Gasteiger charge is 2.13. The van der Waals surface area contributed by atoms with Gasteiger partial charge in [-0.1, -0.05) is 19.1 Å². The molecule has 1 heterocycles. The Morgan fingerprint density at radius 2 is 2.00 bits per heavy atom. The fourth-order valence-electron chi connectivity index (χ4n) is 2.02. The standard InChI is InChI=1S/C14H15N3O4/c1-2-6-15-7-8-16(14(15)19)10-13(18)11-4-3-5-12(9-11)17(20)21/h3-5,7-9H,2,6,10H2,1H3. The summed E-state index contributed by atoms with van der Waals surface area (Å²) in [6.07, 6.45) is 4.00. The number of hydrogen-bond donors (Lipinski definition) is 0. The number of carbonyl (C=O) groups is 1. The molecule has 7 nitrogen and oxygen atoms in total. The summed E-state index contributed by atoms with van der Waals surface area (Å²) >= 11 is 0. The first-order valence-corrected chi connectivity index (χ1v) is 6.56. The zero-order valence-electron chi connectivity index (χ0n) is 11.6. The molecule has 1 aromatic heterocycles. The number of benzene rings is 1. The average molecular weight is 289 g/mol. The van der Waals surface area contributed by atoms with Crippen LogP contribution >= 0.6 is 0 Å². The van der Waals surface area contributed by atoms with Crippen molar-refractivity contribution in [1.29, 1.82) is 0 Å². The van der Waals surface area contributed by atoms with E-state index in [4.69, 9.17) is 0 Å². The maximum absolute atomic E-state index is 12.1. The van der Waals surface area contributed by atoms with Gasteiger partial charge >= 0.3 is 5.69 Å². The molecule has 2 aromatic rings. The van der Waals surface area contributed by atoms with Crippen molar-refractivity contribution in [3.05, 3.63) is 62.8 Å². The summed E-state index contributed by atoms with van der Waals surface area (Å²) in [5.74, 6) is -0.338. The molecule has 0 bridgehead atoms. The molecule has 0 fully saturated rings. The van der Waals surface area contributed by atoms with E-state index in [1.54, 1.807) is 12.4 Å². The summed E-state index contributed by atoms with van der Waals surface area (Å²) in [5.41, 5.74) is -0.174. The molecule has 2 rings (SSSR count). The third-order valence-electron chi connectivity index (χ3n) is 3.08. The lowest BCUT2D eigenvalue weighted by Crippen LogP contribution is -2.26. The SMILES string of the molecule is CCCn1ccn(CC(=O)c2cccc([N+](=O)[O-])c2)c1=O. The van der Waals surface area contributed by atoms with E-state index in [0.717, 1.165) is 6.42 Å². The smallest absolute Gasteiger partial charge is 0.299 e. The van der Waals surface area contributed by atoms with Gasteiger partial charge in [0.25, 0.3) is 5.69 Å². The van der Waals surface area contributed by atoms with Gasteiger partial charge in [0, 0.05) is 36.6 Å². The Kier molecular flexibility index (Phi) is 4.32. The minimum absolute atomic E-state index is 0.128. The second-order valence-corrected chi connectivity index (χ2v) is 4.63. The largest absolute Gasteiger partial charge is 0.328 e. The quantitative estimate of drug-likeness (QED) is 0.461. The molecule has 110 valence electrons. The monoisotopic (exact) mass is 289 g/mol. The Morgan fingerprint density at radius 3 is 2.67 bits per heavy atom. The van der Waals surface area contributed by atoms with E-state index in [-0.39, 0.29) is 29.3 Å². The molecule has 0 aliphatic carbocycles. The van der Waals surface area contributed by atoms with Crippen LogP contribution in [-0.4, -0.2) is 19.8 Å². The number of nitro groups is 1. The van der Waals surface area contributed by atoms with Crippen molar-refractivity contribution in [3.8, 4) is 0 Å². The Morgan fingerprint density at radius 1 is 1.29 bits per heavy atom. The molecule has 0 unspecified atom stereocenters. The molecule has 0 radical (unpaired) electrons. The number of nitro benzene ring substituents is 1. The van der Waals surface area contributed by atoms with Gasteiger partial charge in [-0.05, 0) is 6.42 Å². The molecular formula is C14H15N3O4. The second kappa shape index (κ2) is 6.17. The zero-order chi connectivity index (χ0) is 15.4. The van der Waals surface area contributed by atoms with E-state index in [9.17, 15) is 19.7 Å². The van der Waals surface area contributed by atoms with Crippen molar-refractivity contribution in [2.75, 3.05) is 0 Å². The van der Waals surface area contributed by atoms with Crippen LogP contribution in [0.1, 0.15) is 23.7 Å². The van der Waals surface area contributed by atoms with Crippen LogP contribution in [0.15, 0.2) is 41.5 Å². The van der Waals surface area contributed by atoms with E-state index >= 15 is 0 Å². The van der Waals surface area contributed by atoms with Gasteiger partial charge in [0.2, 0.25) is 0 Å². The molecule has 0 aliphatic heterocycles. The molecule has 0 saturated carbocycles. The van der Waals surface area contributed by atoms with E-state index in [2.05, 4.69) is 0 Å². The molecular weight excluding hydrogens is 274 g/mol. The van der Waals surface area contributed by atoms with Crippen molar-refractivity contribution in [1.82, 2.24) is 9.13 Å². The number of hydrogen-bond acceptors (Lipinski definition) is 4. The highest BCUT2D eigenvalue weighted by atomic mass is 16.6. The normalized spacial score (nSPS) is 10.5. The van der Waals surface area contributed by atoms with Gasteiger partial charge in [-0.2, -0.15) is 0 Å². The predicted molar refractivity (Wildman–Crippen MR) is 76.4 cm³/mol. The maximum atomic E-state index is 12.1. The lowest BCUT2D eigenvalue weighted by Gasteiger charge is -2.02. The van der Waals surface area contributed by atoms with Crippen LogP contribution in [0.3, 0.4) is 0 Å². The lowest BCUT2D eigenvalue weighted by molar-refractivity contribution is -0.384. The molecule has 0 N–H and O–H groups in total. The Labute approximate surface area is 120 Å². The number of aryl methyl sites for hydroxylation is 1. The molecule has 21 heavy (non-hydrogen) atoms. The van der Waals surface area contributed by atoms with Gasteiger partial charge in [0.15, 0.2) is 5.78 Å². The topological polar surface area (TPSA) is 87.1 Å². The Balaban J connectivity index is 2.20. The Bertz CT molecular complexity index is 730. The van der Waals surface area contributed by atoms with E-state index < -0.39 is 4.92 Å². The van der Waals surface area contributed by atoms with Crippen LogP contribution in [0, 0.1) is 10.1 Å². The number of nitrogens with zero attached hydrogens (tertiary/aromatic N) is 3. The fraction of sp³-hybridized carbons (Fsp3) is 0.286. The summed E-state index contributed by atoms with van der Waals surface area (Å²) in [7, 11) is 0. The summed E-state index contributed by atoms with van der Waals surface area (Å²) in [4.78, 5) is 34.2. The van der Waals surface area contributed by atoms with Crippen LogP contribution in [0.2, 0.25) is 0 Å². The van der Waals surface area contributed by atoms with Crippen LogP contribution in [0.4, 0.5) is 5.69 Å². The molecule has 0 aliphatic rings. The minimum atomic E-state index is -0.555. The van der Waals surface area contributed by atoms with Crippen molar-refractivity contribution in [3.63, 3.8) is 0 Å². The van der Waals surface area contributed by atoms with Crippen molar-refractivity contribution < 1.29 is 9.72 Å². The first kappa shape index (κ1) is 14.7. The van der Waals surface area contributed by atoms with Gasteiger partial charge in [0.05, 0.1) is 11.5 Å². The van der Waals surface area contributed by atoms with Gasteiger partial charge in [-0.15, -0.1) is 0 Å². The summed E-state index contributed by atoms with van der Waals surface area (Å²) < 4.78 is 2.83. The number of rotatable bonds is 6. The number of non-ortho nitro benzene ring substituents is 1. The van der Waals surface area contributed by atoms with Gasteiger partial charge in [-0.3, -0.25) is 24.0 Å².